The number of hydrogen-bond acceptors (Lipinski definition) is 4. The molecule has 4 nitrogen and oxygen atoms in total. The van der Waals surface area contributed by atoms with E-state index >= 15 is 0 Å². The first-order valence-corrected chi connectivity index (χ1v) is 7.61. The van der Waals surface area contributed by atoms with Crippen LogP contribution in [0.5, 0.6) is 0 Å². The maximum absolute atomic E-state index is 13.9. The first-order chi connectivity index (χ1) is 10.0. The van der Waals surface area contributed by atoms with Crippen LogP contribution in [0.15, 0.2) is 22.7 Å². The molecule has 0 spiro atoms. The van der Waals surface area contributed by atoms with Crippen molar-refractivity contribution in [3.05, 3.63) is 39.9 Å². The number of benzene rings is 1. The molecule has 0 bridgehead atoms. The molecule has 21 heavy (non-hydrogen) atoms. The zero-order chi connectivity index (χ0) is 15.4. The molecule has 1 heterocycles. The molecule has 2 N–H and O–H groups in total. The molecular weight excluding hydrogens is 335 g/mol. The van der Waals surface area contributed by atoms with Crippen molar-refractivity contribution >= 4 is 33.3 Å². The van der Waals surface area contributed by atoms with Crippen molar-refractivity contribution in [3.8, 4) is 0 Å². The average molecular weight is 353 g/mol. The van der Waals surface area contributed by atoms with Gasteiger partial charge in [-0.2, -0.15) is 0 Å². The van der Waals surface area contributed by atoms with Crippen molar-refractivity contribution in [1.29, 1.82) is 0 Å². The standard InChI is InChI=1S/C15H18BrFN4/c1-4-5-13-20-14(18-3)9(2)15(21-13)19-12-7-6-10(16)8-11(12)17/h6-8H,4-5H2,1-3H3,(H2,18,19,20,21). The monoisotopic (exact) mass is 352 g/mol. The Bertz CT molecular complexity index is 646. The summed E-state index contributed by atoms with van der Waals surface area (Å²) in [5.41, 5.74) is 1.25. The second-order valence-electron chi connectivity index (χ2n) is 4.71. The molecule has 0 radical (unpaired) electrons. The Morgan fingerprint density at radius 2 is 1.95 bits per heavy atom. The van der Waals surface area contributed by atoms with Gasteiger partial charge in [0.25, 0.3) is 0 Å². The highest BCUT2D eigenvalue weighted by atomic mass is 79.9. The number of anilines is 3. The van der Waals surface area contributed by atoms with Crippen molar-refractivity contribution < 1.29 is 4.39 Å². The topological polar surface area (TPSA) is 49.8 Å². The third kappa shape index (κ3) is 3.69. The number of nitrogens with one attached hydrogen (secondary N) is 2. The van der Waals surface area contributed by atoms with Gasteiger partial charge in [-0.1, -0.05) is 22.9 Å². The van der Waals surface area contributed by atoms with Crippen LogP contribution >= 0.6 is 15.9 Å². The highest BCUT2D eigenvalue weighted by Crippen LogP contribution is 2.26. The molecule has 1 aromatic carbocycles. The molecule has 0 aliphatic carbocycles. The van der Waals surface area contributed by atoms with Crippen LogP contribution in [0.3, 0.4) is 0 Å². The van der Waals surface area contributed by atoms with Gasteiger partial charge in [0.1, 0.15) is 23.3 Å². The first-order valence-electron chi connectivity index (χ1n) is 6.82. The lowest BCUT2D eigenvalue weighted by Gasteiger charge is -2.14. The molecular formula is C15H18BrFN4. The maximum Gasteiger partial charge on any atom is 0.147 e. The SMILES string of the molecule is CCCc1nc(NC)c(C)c(Nc2ccc(Br)cc2F)n1. The highest BCUT2D eigenvalue weighted by Gasteiger charge is 2.12. The Balaban J connectivity index is 2.40. The van der Waals surface area contributed by atoms with Crippen LogP contribution in [0, 0.1) is 12.7 Å². The van der Waals surface area contributed by atoms with E-state index in [0.717, 1.165) is 30.0 Å². The van der Waals surface area contributed by atoms with E-state index in [0.29, 0.717) is 16.0 Å². The van der Waals surface area contributed by atoms with Crippen LogP contribution in [0.2, 0.25) is 0 Å². The van der Waals surface area contributed by atoms with Crippen molar-refractivity contribution in [2.75, 3.05) is 17.7 Å². The second-order valence-corrected chi connectivity index (χ2v) is 5.63. The molecule has 2 aromatic rings. The quantitative estimate of drug-likeness (QED) is 0.835. The first kappa shape index (κ1) is 15.7. The molecule has 0 atom stereocenters. The number of hydrogen-bond donors (Lipinski definition) is 2. The molecule has 6 heteroatoms. The van der Waals surface area contributed by atoms with Gasteiger partial charge in [-0.3, -0.25) is 0 Å². The van der Waals surface area contributed by atoms with Crippen LogP contribution < -0.4 is 10.6 Å². The Morgan fingerprint density at radius 1 is 1.24 bits per heavy atom. The molecule has 0 unspecified atom stereocenters. The minimum atomic E-state index is -0.328. The molecule has 1 aromatic heterocycles. The highest BCUT2D eigenvalue weighted by molar-refractivity contribution is 9.10. The molecule has 0 amide bonds. The Morgan fingerprint density at radius 3 is 2.57 bits per heavy atom. The van der Waals surface area contributed by atoms with Crippen molar-refractivity contribution in [1.82, 2.24) is 9.97 Å². The van der Waals surface area contributed by atoms with Crippen molar-refractivity contribution in [2.45, 2.75) is 26.7 Å². The number of rotatable bonds is 5. The van der Waals surface area contributed by atoms with Gasteiger partial charge < -0.3 is 10.6 Å². The zero-order valence-corrected chi connectivity index (χ0v) is 13.9. The Kier molecular flexibility index (Phi) is 5.12. The van der Waals surface area contributed by atoms with E-state index in [4.69, 9.17) is 0 Å². The molecule has 2 rings (SSSR count). The molecule has 0 aliphatic heterocycles. The summed E-state index contributed by atoms with van der Waals surface area (Å²) in [5, 5.41) is 6.11. The minimum Gasteiger partial charge on any atom is -0.373 e. The Hall–Kier alpha value is -1.69. The lowest BCUT2D eigenvalue weighted by molar-refractivity contribution is 0.631. The average Bonchev–Trinajstić information content (AvgIpc) is 2.45. The minimum absolute atomic E-state index is 0.328. The Labute approximate surface area is 132 Å². The molecule has 0 saturated heterocycles. The van der Waals surface area contributed by atoms with Gasteiger partial charge in [-0.25, -0.2) is 14.4 Å². The summed E-state index contributed by atoms with van der Waals surface area (Å²) in [6.45, 7) is 3.98. The number of aromatic nitrogens is 2. The van der Waals surface area contributed by atoms with Gasteiger partial charge in [0.15, 0.2) is 0 Å². The van der Waals surface area contributed by atoms with Crippen LogP contribution in [0.1, 0.15) is 24.7 Å². The number of aryl methyl sites for hydroxylation is 1. The lowest BCUT2D eigenvalue weighted by atomic mass is 10.2. The van der Waals surface area contributed by atoms with E-state index in [-0.39, 0.29) is 5.82 Å². The fourth-order valence-electron chi connectivity index (χ4n) is 1.98. The fraction of sp³-hybridized carbons (Fsp3) is 0.333. The van der Waals surface area contributed by atoms with Gasteiger partial charge in [0, 0.05) is 23.5 Å². The van der Waals surface area contributed by atoms with E-state index in [1.165, 1.54) is 6.07 Å². The molecule has 0 aliphatic rings. The van der Waals surface area contributed by atoms with Gasteiger partial charge in [0.2, 0.25) is 0 Å². The van der Waals surface area contributed by atoms with Gasteiger partial charge in [-0.15, -0.1) is 0 Å². The van der Waals surface area contributed by atoms with E-state index < -0.39 is 0 Å². The van der Waals surface area contributed by atoms with Crippen molar-refractivity contribution in [3.63, 3.8) is 0 Å². The normalized spacial score (nSPS) is 10.5. The summed E-state index contributed by atoms with van der Waals surface area (Å²) in [6.07, 6.45) is 1.74. The summed E-state index contributed by atoms with van der Waals surface area (Å²) in [4.78, 5) is 8.94. The van der Waals surface area contributed by atoms with E-state index in [9.17, 15) is 4.39 Å². The van der Waals surface area contributed by atoms with E-state index in [2.05, 4.69) is 43.5 Å². The second kappa shape index (κ2) is 6.85. The van der Waals surface area contributed by atoms with Crippen LogP contribution in [0.25, 0.3) is 0 Å². The lowest BCUT2D eigenvalue weighted by Crippen LogP contribution is -2.08. The van der Waals surface area contributed by atoms with E-state index in [1.807, 2.05) is 14.0 Å². The van der Waals surface area contributed by atoms with Crippen LogP contribution in [-0.4, -0.2) is 17.0 Å². The van der Waals surface area contributed by atoms with Crippen LogP contribution in [0.4, 0.5) is 21.7 Å². The molecule has 0 fully saturated rings. The summed E-state index contributed by atoms with van der Waals surface area (Å²) < 4.78 is 14.6. The molecule has 112 valence electrons. The number of halogens is 2. The predicted octanol–water partition coefficient (Wildman–Crippen LogP) is 4.42. The summed E-state index contributed by atoms with van der Waals surface area (Å²) in [6, 6.07) is 4.89. The fourth-order valence-corrected chi connectivity index (χ4v) is 2.32. The predicted molar refractivity (Wildman–Crippen MR) is 87.7 cm³/mol. The van der Waals surface area contributed by atoms with Gasteiger partial charge in [-0.05, 0) is 31.5 Å². The third-order valence-corrected chi connectivity index (χ3v) is 3.58. The van der Waals surface area contributed by atoms with Gasteiger partial charge >= 0.3 is 0 Å². The largest absolute Gasteiger partial charge is 0.373 e. The van der Waals surface area contributed by atoms with E-state index in [1.54, 1.807) is 12.1 Å². The maximum atomic E-state index is 13.9. The van der Waals surface area contributed by atoms with Crippen LogP contribution in [-0.2, 0) is 6.42 Å². The van der Waals surface area contributed by atoms with Gasteiger partial charge in [0.05, 0.1) is 5.69 Å². The zero-order valence-electron chi connectivity index (χ0n) is 12.3. The van der Waals surface area contributed by atoms with Crippen molar-refractivity contribution in [2.24, 2.45) is 0 Å². The third-order valence-electron chi connectivity index (χ3n) is 3.09. The molecule has 0 saturated carbocycles. The number of nitrogens with zero attached hydrogens (tertiary/aromatic N) is 2. The smallest absolute Gasteiger partial charge is 0.147 e. The summed E-state index contributed by atoms with van der Waals surface area (Å²) in [5.74, 6) is 1.80. The summed E-state index contributed by atoms with van der Waals surface area (Å²) in [7, 11) is 1.81. The summed E-state index contributed by atoms with van der Waals surface area (Å²) >= 11 is 3.25.